The van der Waals surface area contributed by atoms with Gasteiger partial charge in [-0.05, 0) is 88.1 Å². The molecule has 2 saturated heterocycles. The molecule has 0 bridgehead atoms. The van der Waals surface area contributed by atoms with Crippen molar-refractivity contribution in [1.29, 1.82) is 0 Å². The molecule has 5 nitrogen and oxygen atoms in total. The van der Waals surface area contributed by atoms with E-state index in [1.807, 2.05) is 12.1 Å². The minimum Gasteiger partial charge on any atom is -0.295 e. The van der Waals surface area contributed by atoms with Gasteiger partial charge in [-0.3, -0.25) is 20.0 Å². The van der Waals surface area contributed by atoms with Crippen LogP contribution in [0.2, 0.25) is 0 Å². The van der Waals surface area contributed by atoms with Gasteiger partial charge in [0.15, 0.2) is 0 Å². The SMILES string of the molecule is C=CCN(CC1CCCN1C(C1=CC(CC)=CCC1)c1ccc(C(=O)NN2CCCCC2)cc1)C(C)CC. The molecule has 1 aromatic carbocycles. The van der Waals surface area contributed by atoms with Gasteiger partial charge in [0.25, 0.3) is 5.91 Å². The van der Waals surface area contributed by atoms with Gasteiger partial charge in [0, 0.05) is 43.8 Å². The maximum Gasteiger partial charge on any atom is 0.265 e. The highest BCUT2D eigenvalue weighted by Crippen LogP contribution is 2.39. The second-order valence-electron chi connectivity index (χ2n) is 11.4. The molecule has 1 N–H and O–H groups in total. The molecule has 208 valence electrons. The molecule has 3 atom stereocenters. The number of likely N-dealkylation sites (tertiary alicyclic amines) is 1. The molecule has 1 amide bonds. The Morgan fingerprint density at radius 3 is 2.58 bits per heavy atom. The van der Waals surface area contributed by atoms with E-state index in [4.69, 9.17) is 0 Å². The number of hydrogen-bond acceptors (Lipinski definition) is 4. The van der Waals surface area contributed by atoms with Crippen LogP contribution in [0.25, 0.3) is 0 Å². The van der Waals surface area contributed by atoms with E-state index in [0.29, 0.717) is 12.1 Å². The van der Waals surface area contributed by atoms with E-state index in [9.17, 15) is 4.79 Å². The first kappa shape index (κ1) is 28.8. The average Bonchev–Trinajstić information content (AvgIpc) is 3.41. The van der Waals surface area contributed by atoms with Gasteiger partial charge in [0.2, 0.25) is 0 Å². The predicted molar refractivity (Wildman–Crippen MR) is 159 cm³/mol. The molecular weight excluding hydrogens is 468 g/mol. The summed E-state index contributed by atoms with van der Waals surface area (Å²) < 4.78 is 0. The first-order valence-corrected chi connectivity index (χ1v) is 15.2. The smallest absolute Gasteiger partial charge is 0.265 e. The van der Waals surface area contributed by atoms with Crippen molar-refractivity contribution in [3.8, 4) is 0 Å². The van der Waals surface area contributed by atoms with Crippen LogP contribution < -0.4 is 5.43 Å². The third kappa shape index (κ3) is 7.25. The fourth-order valence-corrected chi connectivity index (χ4v) is 6.43. The molecule has 0 saturated carbocycles. The van der Waals surface area contributed by atoms with E-state index >= 15 is 0 Å². The highest BCUT2D eigenvalue weighted by Gasteiger charge is 2.35. The Morgan fingerprint density at radius 2 is 1.89 bits per heavy atom. The van der Waals surface area contributed by atoms with Gasteiger partial charge in [0.05, 0.1) is 6.04 Å². The van der Waals surface area contributed by atoms with Crippen molar-refractivity contribution in [2.24, 2.45) is 0 Å². The molecule has 3 unspecified atom stereocenters. The van der Waals surface area contributed by atoms with Crippen LogP contribution in [0.1, 0.15) is 101 Å². The van der Waals surface area contributed by atoms with Crippen molar-refractivity contribution in [3.63, 3.8) is 0 Å². The van der Waals surface area contributed by atoms with Crippen LogP contribution in [0, 0.1) is 0 Å². The van der Waals surface area contributed by atoms with Crippen molar-refractivity contribution in [3.05, 3.63) is 71.3 Å². The molecule has 0 radical (unpaired) electrons. The lowest BCUT2D eigenvalue weighted by molar-refractivity contribution is 0.0750. The summed E-state index contributed by atoms with van der Waals surface area (Å²) >= 11 is 0. The van der Waals surface area contributed by atoms with E-state index in [2.05, 4.69) is 77.9 Å². The molecule has 38 heavy (non-hydrogen) atoms. The zero-order valence-corrected chi connectivity index (χ0v) is 24.1. The summed E-state index contributed by atoms with van der Waals surface area (Å²) in [4.78, 5) is 18.3. The first-order valence-electron chi connectivity index (χ1n) is 15.2. The topological polar surface area (TPSA) is 38.8 Å². The molecule has 1 aromatic rings. The Balaban J connectivity index is 1.58. The summed E-state index contributed by atoms with van der Waals surface area (Å²) in [5, 5.41) is 2.08. The molecule has 1 aliphatic carbocycles. The number of allylic oxidation sites excluding steroid dienone is 3. The normalized spacial score (nSPS) is 22.6. The van der Waals surface area contributed by atoms with Crippen LogP contribution in [-0.4, -0.2) is 65.5 Å². The summed E-state index contributed by atoms with van der Waals surface area (Å²) in [6, 6.07) is 9.84. The number of hydrazine groups is 1. The standard InChI is InChI=1S/C33H50N4O/c1-5-20-35(26(4)6-2)25-31-15-12-23-37(31)32(30-14-11-13-27(7-3)24-30)28-16-18-29(19-17-28)33(38)34-36-21-9-8-10-22-36/h5,13,16-19,24,26,31-32H,1,6-12,14-15,20-23,25H2,2-4H3,(H,34,38). The van der Waals surface area contributed by atoms with Crippen molar-refractivity contribution in [2.75, 3.05) is 32.7 Å². The van der Waals surface area contributed by atoms with Crippen LogP contribution in [-0.2, 0) is 0 Å². The number of rotatable bonds is 12. The molecule has 2 aliphatic heterocycles. The average molecular weight is 519 g/mol. The van der Waals surface area contributed by atoms with Crippen LogP contribution in [0.3, 0.4) is 0 Å². The molecule has 3 aliphatic rings. The number of carbonyl (C=O) groups excluding carboxylic acids is 1. The van der Waals surface area contributed by atoms with Crippen LogP contribution in [0.4, 0.5) is 0 Å². The zero-order chi connectivity index (χ0) is 26.9. The van der Waals surface area contributed by atoms with Crippen LogP contribution in [0.15, 0.2) is 60.2 Å². The predicted octanol–water partition coefficient (Wildman–Crippen LogP) is 6.67. The van der Waals surface area contributed by atoms with Crippen LogP contribution in [0.5, 0.6) is 0 Å². The molecule has 2 fully saturated rings. The minimum atomic E-state index is 0.00996. The fraction of sp³-hybridized carbons (Fsp3) is 0.606. The van der Waals surface area contributed by atoms with Gasteiger partial charge < -0.3 is 0 Å². The van der Waals surface area contributed by atoms with E-state index < -0.39 is 0 Å². The van der Waals surface area contributed by atoms with Gasteiger partial charge in [-0.1, -0.05) is 56.2 Å². The molecule has 4 rings (SSSR count). The molecule has 0 aromatic heterocycles. The Kier molecular flexibility index (Phi) is 10.8. The van der Waals surface area contributed by atoms with E-state index in [1.165, 1.54) is 36.0 Å². The Bertz CT molecular complexity index is 975. The summed E-state index contributed by atoms with van der Waals surface area (Å²) in [5.74, 6) is 0.00996. The fourth-order valence-electron chi connectivity index (χ4n) is 6.43. The summed E-state index contributed by atoms with van der Waals surface area (Å²) in [7, 11) is 0. The van der Waals surface area contributed by atoms with Crippen LogP contribution >= 0.6 is 0 Å². The largest absolute Gasteiger partial charge is 0.295 e. The van der Waals surface area contributed by atoms with Crippen molar-refractivity contribution >= 4 is 5.91 Å². The Labute approximate surface area is 231 Å². The van der Waals surface area contributed by atoms with Crippen molar-refractivity contribution in [2.45, 2.75) is 96.7 Å². The monoisotopic (exact) mass is 518 g/mol. The van der Waals surface area contributed by atoms with Gasteiger partial charge in [-0.15, -0.1) is 6.58 Å². The Morgan fingerprint density at radius 1 is 1.13 bits per heavy atom. The minimum absolute atomic E-state index is 0.00996. The Hall–Kier alpha value is -2.21. The highest BCUT2D eigenvalue weighted by atomic mass is 16.2. The molecule has 5 heteroatoms. The lowest BCUT2D eigenvalue weighted by atomic mass is 9.87. The van der Waals surface area contributed by atoms with Gasteiger partial charge in [-0.25, -0.2) is 5.01 Å². The van der Waals surface area contributed by atoms with E-state index in [-0.39, 0.29) is 11.9 Å². The van der Waals surface area contributed by atoms with Gasteiger partial charge in [-0.2, -0.15) is 0 Å². The highest BCUT2D eigenvalue weighted by molar-refractivity contribution is 5.93. The molecular formula is C33H50N4O. The van der Waals surface area contributed by atoms with Crippen molar-refractivity contribution in [1.82, 2.24) is 20.2 Å². The second kappa shape index (κ2) is 14.3. The number of nitrogens with one attached hydrogen (secondary N) is 1. The third-order valence-electron chi connectivity index (χ3n) is 8.85. The lowest BCUT2D eigenvalue weighted by Gasteiger charge is -2.39. The summed E-state index contributed by atoms with van der Waals surface area (Å²) in [6.07, 6.45) is 17.4. The summed E-state index contributed by atoms with van der Waals surface area (Å²) in [5.41, 5.74) is 8.17. The zero-order valence-electron chi connectivity index (χ0n) is 24.1. The van der Waals surface area contributed by atoms with Gasteiger partial charge >= 0.3 is 0 Å². The maximum absolute atomic E-state index is 13.0. The van der Waals surface area contributed by atoms with Gasteiger partial charge in [0.1, 0.15) is 0 Å². The quantitative estimate of drug-likeness (QED) is 0.314. The van der Waals surface area contributed by atoms with Crippen molar-refractivity contribution < 1.29 is 4.79 Å². The number of piperidine rings is 1. The van der Waals surface area contributed by atoms with E-state index in [0.717, 1.165) is 76.8 Å². The number of benzene rings is 1. The third-order valence-corrected chi connectivity index (χ3v) is 8.85. The molecule has 0 spiro atoms. The second-order valence-corrected chi connectivity index (χ2v) is 11.4. The lowest BCUT2D eigenvalue weighted by Crippen LogP contribution is -2.45. The summed E-state index contributed by atoms with van der Waals surface area (Å²) in [6.45, 7) is 16.0. The number of amides is 1. The number of hydrogen-bond donors (Lipinski definition) is 1. The van der Waals surface area contributed by atoms with E-state index in [1.54, 1.807) is 0 Å². The number of nitrogens with zero attached hydrogens (tertiary/aromatic N) is 3. The number of carbonyl (C=O) groups is 1. The first-order chi connectivity index (χ1) is 18.5. The maximum atomic E-state index is 13.0. The molecule has 2 heterocycles.